The number of anilines is 1. The molecule has 0 saturated carbocycles. The first-order chi connectivity index (χ1) is 7.24. The van der Waals surface area contributed by atoms with E-state index in [9.17, 15) is 4.79 Å². The minimum atomic E-state index is 0.00153. The zero-order valence-electron chi connectivity index (χ0n) is 8.52. The second kappa shape index (κ2) is 4.67. The fourth-order valence-electron chi connectivity index (χ4n) is 1.52. The number of aryl methyl sites for hydroxylation is 1. The summed E-state index contributed by atoms with van der Waals surface area (Å²) in [6.07, 6.45) is 1.49. The molecular formula is C9H13N3O2S. The molecule has 15 heavy (non-hydrogen) atoms. The van der Waals surface area contributed by atoms with Crippen molar-refractivity contribution in [3.8, 4) is 0 Å². The summed E-state index contributed by atoms with van der Waals surface area (Å²) in [5.74, 6) is 1.06. The number of nitrogens with zero attached hydrogens (tertiary/aromatic N) is 2. The number of hydrogen-bond acceptors (Lipinski definition) is 5. The molecule has 1 amide bonds. The Hall–Kier alpha value is -1.01. The third kappa shape index (κ3) is 2.97. The number of carbonyl (C=O) groups is 1. The Kier molecular flexibility index (Phi) is 3.27. The fraction of sp³-hybridized carbons (Fsp3) is 0.667. The summed E-state index contributed by atoms with van der Waals surface area (Å²) >= 11 is 1.21. The van der Waals surface area contributed by atoms with Gasteiger partial charge in [0.05, 0.1) is 0 Å². The molecule has 1 saturated heterocycles. The van der Waals surface area contributed by atoms with Crippen molar-refractivity contribution in [2.45, 2.75) is 19.8 Å². The summed E-state index contributed by atoms with van der Waals surface area (Å²) in [5.41, 5.74) is 0. The predicted octanol–water partition coefficient (Wildman–Crippen LogP) is 1.21. The highest BCUT2D eigenvalue weighted by Gasteiger charge is 2.19. The molecule has 2 heterocycles. The van der Waals surface area contributed by atoms with E-state index in [-0.39, 0.29) is 5.91 Å². The van der Waals surface area contributed by atoms with Gasteiger partial charge in [0.1, 0.15) is 5.82 Å². The van der Waals surface area contributed by atoms with Crippen molar-refractivity contribution >= 4 is 22.6 Å². The van der Waals surface area contributed by atoms with Crippen molar-refractivity contribution in [1.82, 2.24) is 9.36 Å². The Bertz CT molecular complexity index is 347. The Morgan fingerprint density at radius 2 is 2.60 bits per heavy atom. The highest BCUT2D eigenvalue weighted by atomic mass is 32.1. The lowest BCUT2D eigenvalue weighted by Crippen LogP contribution is -2.16. The van der Waals surface area contributed by atoms with Crippen LogP contribution in [-0.4, -0.2) is 28.5 Å². The van der Waals surface area contributed by atoms with Crippen LogP contribution in [0.3, 0.4) is 0 Å². The van der Waals surface area contributed by atoms with E-state index in [0.29, 0.717) is 29.9 Å². The largest absolute Gasteiger partial charge is 0.381 e. The molecule has 1 aliphatic rings. The molecule has 1 fully saturated rings. The summed E-state index contributed by atoms with van der Waals surface area (Å²) < 4.78 is 9.20. The average molecular weight is 227 g/mol. The molecule has 2 rings (SSSR count). The van der Waals surface area contributed by atoms with Gasteiger partial charge >= 0.3 is 0 Å². The van der Waals surface area contributed by atoms with Crippen LogP contribution in [0.4, 0.5) is 5.13 Å². The SMILES string of the molecule is Cc1nsc(NC(=O)C[C@H]2CCOC2)n1. The smallest absolute Gasteiger partial charge is 0.226 e. The van der Waals surface area contributed by atoms with Gasteiger partial charge in [0.15, 0.2) is 0 Å². The normalized spacial score (nSPS) is 20.5. The Balaban J connectivity index is 1.81. The van der Waals surface area contributed by atoms with Crippen molar-refractivity contribution in [2.24, 2.45) is 5.92 Å². The average Bonchev–Trinajstić information content (AvgIpc) is 2.77. The van der Waals surface area contributed by atoms with Crippen molar-refractivity contribution < 1.29 is 9.53 Å². The van der Waals surface area contributed by atoms with Crippen LogP contribution in [0.15, 0.2) is 0 Å². The van der Waals surface area contributed by atoms with Crippen LogP contribution in [0.5, 0.6) is 0 Å². The molecule has 0 aliphatic carbocycles. The summed E-state index contributed by atoms with van der Waals surface area (Å²) in [6, 6.07) is 0. The van der Waals surface area contributed by atoms with Crippen LogP contribution < -0.4 is 5.32 Å². The number of rotatable bonds is 3. The second-order valence-corrected chi connectivity index (χ2v) is 4.38. The second-order valence-electron chi connectivity index (χ2n) is 3.63. The molecule has 0 unspecified atom stereocenters. The van der Waals surface area contributed by atoms with Gasteiger partial charge in [0.2, 0.25) is 11.0 Å². The van der Waals surface area contributed by atoms with Crippen LogP contribution in [-0.2, 0) is 9.53 Å². The van der Waals surface area contributed by atoms with Crippen LogP contribution >= 0.6 is 11.5 Å². The van der Waals surface area contributed by atoms with Crippen molar-refractivity contribution in [3.63, 3.8) is 0 Å². The van der Waals surface area contributed by atoms with Gasteiger partial charge in [-0.15, -0.1) is 0 Å². The van der Waals surface area contributed by atoms with E-state index in [2.05, 4.69) is 14.7 Å². The number of nitrogens with one attached hydrogen (secondary N) is 1. The number of carbonyl (C=O) groups excluding carboxylic acids is 1. The van der Waals surface area contributed by atoms with Crippen molar-refractivity contribution in [1.29, 1.82) is 0 Å². The fourth-order valence-corrected chi connectivity index (χ4v) is 2.12. The predicted molar refractivity (Wildman–Crippen MR) is 56.8 cm³/mol. The highest BCUT2D eigenvalue weighted by molar-refractivity contribution is 7.09. The number of ether oxygens (including phenoxy) is 1. The maximum Gasteiger partial charge on any atom is 0.226 e. The summed E-state index contributed by atoms with van der Waals surface area (Å²) in [5, 5.41) is 3.32. The molecule has 0 aromatic carbocycles. The Morgan fingerprint density at radius 1 is 1.73 bits per heavy atom. The molecule has 1 atom stereocenters. The zero-order valence-corrected chi connectivity index (χ0v) is 9.34. The minimum absolute atomic E-state index is 0.00153. The number of hydrogen-bond donors (Lipinski definition) is 1. The quantitative estimate of drug-likeness (QED) is 0.843. The first kappa shape index (κ1) is 10.5. The maximum absolute atomic E-state index is 11.5. The van der Waals surface area contributed by atoms with E-state index < -0.39 is 0 Å². The summed E-state index contributed by atoms with van der Waals surface area (Å²) in [4.78, 5) is 15.6. The first-order valence-corrected chi connectivity index (χ1v) is 5.69. The van der Waals surface area contributed by atoms with E-state index in [0.717, 1.165) is 13.0 Å². The van der Waals surface area contributed by atoms with Gasteiger partial charge in [-0.05, 0) is 19.3 Å². The topological polar surface area (TPSA) is 64.1 Å². The molecule has 1 aliphatic heterocycles. The Labute approximate surface area is 92.0 Å². The summed E-state index contributed by atoms with van der Waals surface area (Å²) in [7, 11) is 0. The lowest BCUT2D eigenvalue weighted by atomic mass is 10.1. The lowest BCUT2D eigenvalue weighted by Gasteiger charge is -2.05. The Morgan fingerprint density at radius 3 is 3.20 bits per heavy atom. The molecule has 0 radical (unpaired) electrons. The maximum atomic E-state index is 11.5. The minimum Gasteiger partial charge on any atom is -0.381 e. The summed E-state index contributed by atoms with van der Waals surface area (Å²) in [6.45, 7) is 3.27. The monoisotopic (exact) mass is 227 g/mol. The van der Waals surface area contributed by atoms with E-state index in [1.54, 1.807) is 6.92 Å². The number of amides is 1. The van der Waals surface area contributed by atoms with Gasteiger partial charge in [-0.1, -0.05) is 0 Å². The van der Waals surface area contributed by atoms with Gasteiger partial charge in [0, 0.05) is 31.2 Å². The van der Waals surface area contributed by atoms with E-state index in [1.807, 2.05) is 0 Å². The standard InChI is InChI=1S/C9H13N3O2S/c1-6-10-9(15-12-6)11-8(13)4-7-2-3-14-5-7/h7H,2-5H2,1H3,(H,10,11,12,13)/t7-/m1/s1. The van der Waals surface area contributed by atoms with E-state index in [4.69, 9.17) is 4.74 Å². The first-order valence-electron chi connectivity index (χ1n) is 4.92. The van der Waals surface area contributed by atoms with Gasteiger partial charge in [-0.3, -0.25) is 4.79 Å². The molecule has 1 N–H and O–H groups in total. The van der Waals surface area contributed by atoms with Crippen LogP contribution in [0.2, 0.25) is 0 Å². The van der Waals surface area contributed by atoms with Gasteiger partial charge < -0.3 is 10.1 Å². The molecule has 0 spiro atoms. The molecule has 1 aromatic rings. The third-order valence-corrected chi connectivity index (χ3v) is 2.99. The third-order valence-electron chi connectivity index (χ3n) is 2.27. The van der Waals surface area contributed by atoms with Crippen LogP contribution in [0.1, 0.15) is 18.7 Å². The van der Waals surface area contributed by atoms with Gasteiger partial charge in [-0.2, -0.15) is 4.37 Å². The van der Waals surface area contributed by atoms with Gasteiger partial charge in [0.25, 0.3) is 0 Å². The molecule has 6 heteroatoms. The number of aromatic nitrogens is 2. The van der Waals surface area contributed by atoms with Crippen LogP contribution in [0, 0.1) is 12.8 Å². The molecule has 5 nitrogen and oxygen atoms in total. The van der Waals surface area contributed by atoms with Crippen LogP contribution in [0.25, 0.3) is 0 Å². The zero-order chi connectivity index (χ0) is 10.7. The van der Waals surface area contributed by atoms with Crippen molar-refractivity contribution in [2.75, 3.05) is 18.5 Å². The molecule has 0 bridgehead atoms. The van der Waals surface area contributed by atoms with E-state index in [1.165, 1.54) is 11.5 Å². The molecular weight excluding hydrogens is 214 g/mol. The molecule has 82 valence electrons. The highest BCUT2D eigenvalue weighted by Crippen LogP contribution is 2.17. The molecule has 1 aromatic heterocycles. The lowest BCUT2D eigenvalue weighted by molar-refractivity contribution is -0.117. The van der Waals surface area contributed by atoms with Gasteiger partial charge in [-0.25, -0.2) is 4.98 Å². The van der Waals surface area contributed by atoms with Crippen molar-refractivity contribution in [3.05, 3.63) is 5.82 Å². The van der Waals surface area contributed by atoms with E-state index >= 15 is 0 Å².